The average molecular weight is 935 g/mol. The molecule has 0 N–H and O–H groups in total. The predicted octanol–water partition coefficient (Wildman–Crippen LogP) is 9.76. The fraction of sp³-hybridized carbons (Fsp3) is 0.314. The first-order valence-electron chi connectivity index (χ1n) is 21.1. The predicted molar refractivity (Wildman–Crippen MR) is 282 cm³/mol. The molecule has 2 unspecified atom stereocenters. The van der Waals surface area contributed by atoms with Gasteiger partial charge in [0.2, 0.25) is 11.3 Å². The summed E-state index contributed by atoms with van der Waals surface area (Å²) in [4.78, 5) is 34.8. The van der Waals surface area contributed by atoms with Crippen LogP contribution >= 0.6 is 47.3 Å². The Morgan fingerprint density at radius 2 is 1.22 bits per heavy atom. The van der Waals surface area contributed by atoms with Crippen molar-refractivity contribution in [2.24, 2.45) is 0 Å². The summed E-state index contributed by atoms with van der Waals surface area (Å²) in [6, 6.07) is 32.8. The summed E-state index contributed by atoms with van der Waals surface area (Å²) in [5.41, 5.74) is 12.1. The van der Waals surface area contributed by atoms with E-state index < -0.39 is 0 Å². The number of carbonyl (C=O) groups is 1. The minimum Gasteiger partial charge on any atom is -0.378 e. The topological polar surface area (TPSA) is 52.4 Å². The lowest BCUT2D eigenvalue weighted by molar-refractivity contribution is -0.116. The lowest BCUT2D eigenvalue weighted by atomic mass is 10.0. The molecule has 9 rings (SSSR count). The number of anilines is 5. The number of likely N-dealkylation sites (N-methyl/N-ethyl adjacent to an activating group) is 1. The number of rotatable bonds is 5. The van der Waals surface area contributed by atoms with Gasteiger partial charge in [-0.2, -0.15) is 0 Å². The summed E-state index contributed by atoms with van der Waals surface area (Å²) < 4.78 is 3.34. The molecule has 64 heavy (non-hydrogen) atoms. The first kappa shape index (κ1) is 48.3. The highest BCUT2D eigenvalue weighted by atomic mass is 35.5. The number of aromatic nitrogens is 1. The van der Waals surface area contributed by atoms with E-state index in [2.05, 4.69) is 195 Å². The number of carbonyl (C=O) groups excluding carboxylic acids is 1. The molecule has 0 saturated carbocycles. The summed E-state index contributed by atoms with van der Waals surface area (Å²) in [7, 11) is 24.8. The van der Waals surface area contributed by atoms with Gasteiger partial charge < -0.3 is 29.4 Å². The maximum Gasteiger partial charge on any atom is 0.224 e. The summed E-state index contributed by atoms with van der Waals surface area (Å²) in [5, 5.41) is 1.45. The Balaban J connectivity index is 0.000000159. The highest BCUT2D eigenvalue weighted by Crippen LogP contribution is 2.46. The molecule has 4 aromatic carbocycles. The number of hydrogen-bond donors (Lipinski definition) is 0. The van der Waals surface area contributed by atoms with Crippen molar-refractivity contribution in [3.63, 3.8) is 0 Å². The molecule has 336 valence electrons. The molecule has 0 radical (unpaired) electrons. The first-order valence-corrected chi connectivity index (χ1v) is 23.6. The van der Waals surface area contributed by atoms with Gasteiger partial charge in [-0.15, -0.1) is 35.5 Å². The lowest BCUT2D eigenvalue weighted by Crippen LogP contribution is -2.47. The molecule has 2 atom stereocenters. The zero-order valence-electron chi connectivity index (χ0n) is 39.4. The van der Waals surface area contributed by atoms with Crippen LogP contribution in [-0.2, 0) is 11.2 Å². The number of thioether (sulfide) groups is 1. The monoisotopic (exact) mass is 933 g/mol. The maximum absolute atomic E-state index is 12.3. The summed E-state index contributed by atoms with van der Waals surface area (Å²) in [5.74, 6) is 0.0884. The van der Waals surface area contributed by atoms with Crippen molar-refractivity contribution in [2.45, 2.75) is 39.3 Å². The molecule has 0 spiro atoms. The van der Waals surface area contributed by atoms with Crippen LogP contribution in [0.15, 0.2) is 130 Å². The maximum atomic E-state index is 12.3. The second-order valence-corrected chi connectivity index (χ2v) is 20.7. The van der Waals surface area contributed by atoms with Gasteiger partial charge in [-0.05, 0) is 96.4 Å². The molecule has 2 aliphatic carbocycles. The fourth-order valence-corrected chi connectivity index (χ4v) is 11.1. The molecule has 1 amide bonds. The summed E-state index contributed by atoms with van der Waals surface area (Å²) >= 11 is 5.53. The quantitative estimate of drug-likeness (QED) is 0.124. The normalized spacial score (nSPS) is 15.3. The zero-order valence-corrected chi connectivity index (χ0v) is 42.6. The standard InChI is InChI=1S/C18H23N3OS.C17H20N2S.C16H18N3S.ClH/c1-12(22)21-15-8-6-13(19(2)3)10-17(15)23-18-11-14(20(4)5)7-9-16(18)21;1-18(2)14-7-5-12-9-13-6-8-15(19(3)4)11-17(13)20-16(12)10-14;1-18(2)11-5-7-13-15(9-11)20-16-10-12(19(3)4)6-8-14(16)17-13;/h6-11,15,17H,1-5H3;5-8,10-11H,9H2,1-4H3;5-10H,1-4H3;1H/q;;+1;. The molecule has 0 saturated heterocycles. The Bertz CT molecular complexity index is 2700. The van der Waals surface area contributed by atoms with E-state index in [4.69, 9.17) is 4.98 Å². The van der Waals surface area contributed by atoms with Gasteiger partial charge in [-0.25, -0.2) is 9.56 Å². The van der Waals surface area contributed by atoms with Crippen molar-refractivity contribution < 1.29 is 4.79 Å². The van der Waals surface area contributed by atoms with E-state index in [0.717, 1.165) is 33.9 Å². The van der Waals surface area contributed by atoms with Crippen LogP contribution in [0.1, 0.15) is 18.1 Å². The summed E-state index contributed by atoms with van der Waals surface area (Å²) in [6.45, 7) is 1.65. The van der Waals surface area contributed by atoms with Gasteiger partial charge in [0, 0.05) is 133 Å². The van der Waals surface area contributed by atoms with Gasteiger partial charge in [0.15, 0.2) is 0 Å². The van der Waals surface area contributed by atoms with E-state index in [1.807, 2.05) is 56.6 Å². The third-order valence-electron chi connectivity index (χ3n) is 11.4. The molecule has 9 nitrogen and oxygen atoms in total. The van der Waals surface area contributed by atoms with Crippen molar-refractivity contribution in [3.05, 3.63) is 131 Å². The molecule has 0 bridgehead atoms. The van der Waals surface area contributed by atoms with Crippen molar-refractivity contribution in [2.75, 3.05) is 109 Å². The Kier molecular flexibility index (Phi) is 15.4. The van der Waals surface area contributed by atoms with Crippen LogP contribution in [0.2, 0.25) is 0 Å². The minimum atomic E-state index is 0. The third-order valence-corrected chi connectivity index (χ3v) is 14.9. The summed E-state index contributed by atoms with van der Waals surface area (Å²) in [6.07, 6.45) is 7.56. The Labute approximate surface area is 399 Å². The van der Waals surface area contributed by atoms with Crippen LogP contribution < -0.4 is 34.4 Å². The van der Waals surface area contributed by atoms with Crippen LogP contribution in [0, 0.1) is 0 Å². The van der Waals surface area contributed by atoms with Crippen molar-refractivity contribution in [1.82, 2.24) is 14.5 Å². The Hall–Kier alpha value is -5.14. The molecule has 3 aliphatic heterocycles. The molecular formula is C51H62ClN8OS3+. The Morgan fingerprint density at radius 3 is 1.77 bits per heavy atom. The van der Waals surface area contributed by atoms with Gasteiger partial charge in [0.25, 0.3) is 0 Å². The average Bonchev–Trinajstić information content (AvgIpc) is 3.25. The van der Waals surface area contributed by atoms with Gasteiger partial charge in [-0.1, -0.05) is 30.0 Å². The molecule has 13 heteroatoms. The highest BCUT2D eigenvalue weighted by Gasteiger charge is 2.36. The zero-order chi connectivity index (χ0) is 45.3. The molecule has 5 aliphatic rings. The second kappa shape index (κ2) is 20.4. The van der Waals surface area contributed by atoms with E-state index >= 15 is 0 Å². The highest BCUT2D eigenvalue weighted by molar-refractivity contribution is 8.00. The number of halogens is 1. The van der Waals surface area contributed by atoms with Gasteiger partial charge in [0.1, 0.15) is 14.1 Å². The number of fused-ring (bicyclic) bond motifs is 6. The van der Waals surface area contributed by atoms with E-state index in [1.54, 1.807) is 18.3 Å². The smallest absolute Gasteiger partial charge is 0.224 e. The van der Waals surface area contributed by atoms with Gasteiger partial charge in [-0.3, -0.25) is 4.79 Å². The Morgan fingerprint density at radius 1 is 0.672 bits per heavy atom. The minimum absolute atomic E-state index is 0. The van der Waals surface area contributed by atoms with Crippen LogP contribution in [0.5, 0.6) is 0 Å². The van der Waals surface area contributed by atoms with Gasteiger partial charge >= 0.3 is 0 Å². The first-order chi connectivity index (χ1) is 30.0. The SMILES string of the molecule is CC(=O)N1c2ccc(N(C)C)cc2SC2C=C(N(C)C)C=CC21.CN(C)c1ccc2c(c1)Sc1cc(N(C)C)ccc1C2.CN(C)c1ccc2nc3ccc(=[N+](C)C)cc-3sc2c1.Cl. The number of amides is 1. The second-order valence-electron chi connectivity index (χ2n) is 17.3. The van der Waals surface area contributed by atoms with Gasteiger partial charge in [0.05, 0.1) is 37.8 Å². The van der Waals surface area contributed by atoms with E-state index in [1.165, 1.54) is 58.6 Å². The van der Waals surface area contributed by atoms with E-state index in [0.29, 0.717) is 0 Å². The molecule has 0 aromatic heterocycles. The number of allylic oxidation sites excluding steroid dienone is 1. The van der Waals surface area contributed by atoms with Crippen molar-refractivity contribution in [1.29, 1.82) is 0 Å². The molecular weight excluding hydrogens is 872 g/mol. The molecule has 4 aromatic rings. The van der Waals surface area contributed by atoms with Crippen LogP contribution in [-0.4, -0.2) is 112 Å². The molecule has 0 fully saturated rings. The number of nitrogens with zero attached hydrogens (tertiary/aromatic N) is 8. The number of hydrogen-bond acceptors (Lipinski definition) is 10. The van der Waals surface area contributed by atoms with Crippen molar-refractivity contribution >= 4 is 91.8 Å². The van der Waals surface area contributed by atoms with Crippen molar-refractivity contribution in [3.8, 4) is 10.6 Å². The van der Waals surface area contributed by atoms with Crippen LogP contribution in [0.25, 0.3) is 20.8 Å². The third kappa shape index (κ3) is 10.7. The van der Waals surface area contributed by atoms with Crippen LogP contribution in [0.4, 0.5) is 28.4 Å². The number of benzene rings is 5. The van der Waals surface area contributed by atoms with Crippen LogP contribution in [0.3, 0.4) is 0 Å². The van der Waals surface area contributed by atoms with E-state index in [-0.39, 0.29) is 29.6 Å². The van der Waals surface area contributed by atoms with E-state index in [9.17, 15) is 4.79 Å². The largest absolute Gasteiger partial charge is 0.378 e. The fourth-order valence-electron chi connectivity index (χ4n) is 7.63. The lowest BCUT2D eigenvalue weighted by Gasteiger charge is -2.41. The molecule has 3 heterocycles.